The fraction of sp³-hybridized carbons (Fsp3) is 0.125. The summed E-state index contributed by atoms with van der Waals surface area (Å²) < 4.78 is 25.7. The number of hydrogen-bond acceptors (Lipinski definition) is 2. The maximum Gasteiger partial charge on any atom is 0.150 e. The van der Waals surface area contributed by atoms with Crippen molar-refractivity contribution in [2.45, 2.75) is 6.92 Å². The van der Waals surface area contributed by atoms with Crippen molar-refractivity contribution in [1.82, 2.24) is 0 Å². The number of halogens is 2. The van der Waals surface area contributed by atoms with E-state index in [0.717, 1.165) is 12.1 Å². The first kappa shape index (κ1) is 8.97. The van der Waals surface area contributed by atoms with Crippen molar-refractivity contribution in [2.24, 2.45) is 4.99 Å². The second-order valence-electron chi connectivity index (χ2n) is 2.26. The lowest BCUT2D eigenvalue weighted by Gasteiger charge is -1.98. The van der Waals surface area contributed by atoms with E-state index in [1.165, 1.54) is 6.92 Å². The number of isothiocyanates is 1. The molecule has 0 saturated heterocycles. The molecule has 0 fully saturated rings. The van der Waals surface area contributed by atoms with Crippen LogP contribution in [0.15, 0.2) is 17.1 Å². The minimum atomic E-state index is -0.591. The Morgan fingerprint density at radius 1 is 1.33 bits per heavy atom. The quantitative estimate of drug-likeness (QED) is 0.484. The van der Waals surface area contributed by atoms with E-state index < -0.39 is 11.6 Å². The molecule has 0 radical (unpaired) electrons. The minimum Gasteiger partial charge on any atom is -0.207 e. The van der Waals surface area contributed by atoms with Crippen molar-refractivity contribution in [1.29, 1.82) is 0 Å². The molecule has 0 saturated carbocycles. The maximum atomic E-state index is 12.9. The fourth-order valence-electron chi connectivity index (χ4n) is 0.771. The summed E-state index contributed by atoms with van der Waals surface area (Å²) in [5.41, 5.74) is 0.129. The molecule has 4 heteroatoms. The number of rotatable bonds is 1. The molecule has 0 N–H and O–H groups in total. The Morgan fingerprint density at radius 2 is 2.00 bits per heavy atom. The molecule has 12 heavy (non-hydrogen) atoms. The third-order valence-corrected chi connectivity index (χ3v) is 1.49. The number of benzene rings is 1. The van der Waals surface area contributed by atoms with Gasteiger partial charge in [0.15, 0.2) is 0 Å². The van der Waals surface area contributed by atoms with E-state index in [4.69, 9.17) is 0 Å². The number of aryl methyl sites for hydroxylation is 1. The van der Waals surface area contributed by atoms with Crippen LogP contribution in [-0.2, 0) is 0 Å². The standard InChI is InChI=1S/C8H5F2NS/c1-5-2-7(10)8(11-4-12)3-6(5)9/h2-3H,1H3. The molecule has 0 bridgehead atoms. The molecule has 0 amide bonds. The summed E-state index contributed by atoms with van der Waals surface area (Å²) in [4.78, 5) is 3.36. The van der Waals surface area contributed by atoms with Crippen molar-refractivity contribution in [2.75, 3.05) is 0 Å². The van der Waals surface area contributed by atoms with E-state index in [1.54, 1.807) is 0 Å². The third-order valence-electron chi connectivity index (χ3n) is 1.39. The Kier molecular flexibility index (Phi) is 2.63. The number of hydrogen-bond donors (Lipinski definition) is 0. The summed E-state index contributed by atoms with van der Waals surface area (Å²) in [5, 5.41) is 1.97. The van der Waals surface area contributed by atoms with E-state index in [1.807, 2.05) is 5.16 Å². The van der Waals surface area contributed by atoms with Crippen molar-refractivity contribution < 1.29 is 8.78 Å². The van der Waals surface area contributed by atoms with Crippen molar-refractivity contribution >= 4 is 23.1 Å². The van der Waals surface area contributed by atoms with Gasteiger partial charge in [-0.2, -0.15) is 4.99 Å². The molecular formula is C8H5F2NS. The third kappa shape index (κ3) is 1.72. The SMILES string of the molecule is Cc1cc(F)c(N=C=S)cc1F. The molecule has 1 nitrogen and oxygen atoms in total. The van der Waals surface area contributed by atoms with Gasteiger partial charge in [0.1, 0.15) is 17.3 Å². The molecule has 1 aromatic carbocycles. The molecule has 0 atom stereocenters. The van der Waals surface area contributed by atoms with Gasteiger partial charge in [-0.15, -0.1) is 0 Å². The molecule has 0 aliphatic rings. The van der Waals surface area contributed by atoms with Crippen LogP contribution in [0.5, 0.6) is 0 Å². The lowest BCUT2D eigenvalue weighted by atomic mass is 10.2. The summed E-state index contributed by atoms with van der Waals surface area (Å²) in [6, 6.07) is 2.06. The van der Waals surface area contributed by atoms with Gasteiger partial charge in [0.05, 0.1) is 5.16 Å². The number of aliphatic imine (C=N–C) groups is 1. The molecular weight excluding hydrogens is 180 g/mol. The van der Waals surface area contributed by atoms with Crippen molar-refractivity contribution in [3.05, 3.63) is 29.3 Å². The van der Waals surface area contributed by atoms with Crippen LogP contribution in [-0.4, -0.2) is 5.16 Å². The summed E-state index contributed by atoms with van der Waals surface area (Å²) in [7, 11) is 0. The van der Waals surface area contributed by atoms with Gasteiger partial charge >= 0.3 is 0 Å². The van der Waals surface area contributed by atoms with Crippen LogP contribution in [0.4, 0.5) is 14.5 Å². The average molecular weight is 185 g/mol. The molecule has 0 unspecified atom stereocenters. The lowest BCUT2D eigenvalue weighted by Crippen LogP contribution is -1.84. The Morgan fingerprint density at radius 3 is 2.58 bits per heavy atom. The van der Waals surface area contributed by atoms with Crippen molar-refractivity contribution in [3.63, 3.8) is 0 Å². The number of thiocarbonyl (C=S) groups is 1. The average Bonchev–Trinajstić information content (AvgIpc) is 2.01. The Balaban J connectivity index is 3.32. The first-order chi connectivity index (χ1) is 5.65. The summed E-state index contributed by atoms with van der Waals surface area (Å²) in [6.45, 7) is 1.48. The minimum absolute atomic E-state index is 0.117. The van der Waals surface area contributed by atoms with Gasteiger partial charge < -0.3 is 0 Å². The Hall–Kier alpha value is -1.12. The molecule has 0 aromatic heterocycles. The van der Waals surface area contributed by atoms with Gasteiger partial charge in [0, 0.05) is 6.07 Å². The fourth-order valence-corrected chi connectivity index (χ4v) is 0.869. The molecule has 1 rings (SSSR count). The van der Waals surface area contributed by atoms with Crippen LogP contribution in [0, 0.1) is 18.6 Å². The van der Waals surface area contributed by atoms with Crippen molar-refractivity contribution in [3.8, 4) is 0 Å². The first-order valence-corrected chi connectivity index (χ1v) is 3.59. The molecule has 0 aliphatic heterocycles. The zero-order valence-electron chi connectivity index (χ0n) is 6.27. The first-order valence-electron chi connectivity index (χ1n) is 3.18. The normalized spacial score (nSPS) is 9.25. The van der Waals surface area contributed by atoms with Gasteiger partial charge in [0.25, 0.3) is 0 Å². The van der Waals surface area contributed by atoms with Crippen LogP contribution < -0.4 is 0 Å². The highest BCUT2D eigenvalue weighted by Gasteiger charge is 2.05. The molecule has 0 spiro atoms. The van der Waals surface area contributed by atoms with E-state index in [0.29, 0.717) is 0 Å². The van der Waals surface area contributed by atoms with Crippen LogP contribution in [0.25, 0.3) is 0 Å². The maximum absolute atomic E-state index is 12.9. The lowest BCUT2D eigenvalue weighted by molar-refractivity contribution is 0.594. The van der Waals surface area contributed by atoms with Gasteiger partial charge in [-0.1, -0.05) is 0 Å². The predicted octanol–water partition coefficient (Wildman–Crippen LogP) is 3.01. The van der Waals surface area contributed by atoms with Crippen LogP contribution in [0.3, 0.4) is 0 Å². The molecule has 0 aliphatic carbocycles. The zero-order chi connectivity index (χ0) is 9.14. The highest BCUT2D eigenvalue weighted by Crippen LogP contribution is 2.20. The Labute approximate surface area is 73.7 Å². The topological polar surface area (TPSA) is 12.4 Å². The van der Waals surface area contributed by atoms with E-state index in [2.05, 4.69) is 17.2 Å². The molecule has 62 valence electrons. The van der Waals surface area contributed by atoms with Crippen LogP contribution >= 0.6 is 12.2 Å². The highest BCUT2D eigenvalue weighted by molar-refractivity contribution is 7.78. The largest absolute Gasteiger partial charge is 0.207 e. The predicted molar refractivity (Wildman–Crippen MR) is 45.8 cm³/mol. The second kappa shape index (κ2) is 3.52. The molecule has 1 aromatic rings. The zero-order valence-corrected chi connectivity index (χ0v) is 7.08. The van der Waals surface area contributed by atoms with E-state index in [9.17, 15) is 8.78 Å². The van der Waals surface area contributed by atoms with Gasteiger partial charge in [-0.05, 0) is 30.8 Å². The van der Waals surface area contributed by atoms with E-state index in [-0.39, 0.29) is 11.3 Å². The molecule has 0 heterocycles. The smallest absolute Gasteiger partial charge is 0.150 e. The summed E-state index contributed by atoms with van der Waals surface area (Å²) in [6.07, 6.45) is 0. The monoisotopic (exact) mass is 185 g/mol. The van der Waals surface area contributed by atoms with E-state index >= 15 is 0 Å². The van der Waals surface area contributed by atoms with Crippen LogP contribution in [0.1, 0.15) is 5.56 Å². The number of nitrogens with zero attached hydrogens (tertiary/aromatic N) is 1. The van der Waals surface area contributed by atoms with Gasteiger partial charge in [-0.3, -0.25) is 0 Å². The van der Waals surface area contributed by atoms with Gasteiger partial charge in [0.2, 0.25) is 0 Å². The van der Waals surface area contributed by atoms with Crippen LogP contribution in [0.2, 0.25) is 0 Å². The summed E-state index contributed by atoms with van der Waals surface area (Å²) in [5.74, 6) is -1.09. The second-order valence-corrected chi connectivity index (χ2v) is 2.44. The summed E-state index contributed by atoms with van der Waals surface area (Å²) >= 11 is 4.26. The highest BCUT2D eigenvalue weighted by atomic mass is 32.1. The Bertz CT molecular complexity index is 356. The van der Waals surface area contributed by atoms with Gasteiger partial charge in [-0.25, -0.2) is 8.78 Å².